The van der Waals surface area contributed by atoms with Gasteiger partial charge in [0.2, 0.25) is 0 Å². The van der Waals surface area contributed by atoms with Crippen LogP contribution in [0.25, 0.3) is 0 Å². The zero-order valence-corrected chi connectivity index (χ0v) is 20.6. The molecule has 174 valence electrons. The largest absolute Gasteiger partial charge is 0.390 e. The molecule has 4 rings (SSSR count). The van der Waals surface area contributed by atoms with Gasteiger partial charge in [0, 0.05) is 5.92 Å². The van der Waals surface area contributed by atoms with Crippen LogP contribution in [0, 0.1) is 40.4 Å². The highest BCUT2D eigenvalue weighted by Crippen LogP contribution is 2.68. The Morgan fingerprint density at radius 3 is 2.52 bits per heavy atom. The number of Topliss-reactive ketones (excluding diaryl/α,β-unsaturated/α-hetero) is 1. The molecule has 0 radical (unpaired) electrons. The molecular formula is C25H41N3O2S. The first-order valence-electron chi connectivity index (χ1n) is 12.2. The summed E-state index contributed by atoms with van der Waals surface area (Å²) in [7, 11) is 0. The molecule has 0 saturated heterocycles. The number of hydrogen-bond donors (Lipinski definition) is 2. The molecule has 4 fully saturated rings. The van der Waals surface area contributed by atoms with Gasteiger partial charge in [0.1, 0.15) is 5.04 Å². The lowest BCUT2D eigenvalue weighted by molar-refractivity contribution is -0.150. The maximum atomic E-state index is 13.2. The minimum atomic E-state index is -0.476. The van der Waals surface area contributed by atoms with Crippen LogP contribution in [-0.2, 0) is 4.79 Å². The van der Waals surface area contributed by atoms with E-state index in [1.54, 1.807) is 6.21 Å². The second kappa shape index (κ2) is 8.48. The second-order valence-corrected chi connectivity index (χ2v) is 12.5. The fourth-order valence-electron chi connectivity index (χ4n) is 8.42. The minimum absolute atomic E-state index is 0.126. The monoisotopic (exact) mass is 447 g/mol. The summed E-state index contributed by atoms with van der Waals surface area (Å²) in [5.74, 6) is 8.61. The van der Waals surface area contributed by atoms with Crippen LogP contribution in [0.2, 0.25) is 0 Å². The smallest absolute Gasteiger partial charge is 0.157 e. The van der Waals surface area contributed by atoms with Crippen LogP contribution >= 0.6 is 11.8 Å². The molecule has 31 heavy (non-hydrogen) atoms. The summed E-state index contributed by atoms with van der Waals surface area (Å²) in [6, 6.07) is 0. The summed E-state index contributed by atoms with van der Waals surface area (Å²) < 4.78 is 0. The number of hydrogen-bond acceptors (Lipinski definition) is 6. The van der Waals surface area contributed by atoms with Crippen molar-refractivity contribution in [2.45, 2.75) is 84.2 Å². The van der Waals surface area contributed by atoms with E-state index < -0.39 is 5.60 Å². The maximum Gasteiger partial charge on any atom is 0.157 e. The van der Waals surface area contributed by atoms with E-state index in [2.05, 4.69) is 23.9 Å². The zero-order chi connectivity index (χ0) is 22.4. The van der Waals surface area contributed by atoms with Gasteiger partial charge in [0.25, 0.3) is 0 Å². The molecule has 0 aromatic heterocycles. The van der Waals surface area contributed by atoms with Gasteiger partial charge in [-0.2, -0.15) is 5.10 Å². The van der Waals surface area contributed by atoms with Crippen molar-refractivity contribution in [3.8, 4) is 0 Å². The van der Waals surface area contributed by atoms with Crippen LogP contribution in [0.5, 0.6) is 0 Å². The number of fused-ring (bicyclic) bond motifs is 5. The van der Waals surface area contributed by atoms with E-state index >= 15 is 0 Å². The molecule has 8 atom stereocenters. The first kappa shape index (κ1) is 23.3. The highest BCUT2D eigenvalue weighted by molar-refractivity contribution is 8.14. The van der Waals surface area contributed by atoms with Gasteiger partial charge < -0.3 is 10.9 Å². The first-order chi connectivity index (χ1) is 14.6. The second-order valence-electron chi connectivity index (χ2n) is 11.6. The van der Waals surface area contributed by atoms with Crippen molar-refractivity contribution in [1.29, 1.82) is 0 Å². The van der Waals surface area contributed by atoms with Crippen molar-refractivity contribution >= 4 is 28.8 Å². The molecule has 0 aromatic rings. The lowest BCUT2D eigenvalue weighted by Crippen LogP contribution is -2.55. The van der Waals surface area contributed by atoms with Crippen LogP contribution in [0.15, 0.2) is 10.1 Å². The summed E-state index contributed by atoms with van der Waals surface area (Å²) in [6.45, 7) is 7.21. The Bertz CT molecular complexity index is 766. The third-order valence-corrected chi connectivity index (χ3v) is 10.8. The SMILES string of the molecule is CSC(C=NCC(=O)[C@H]1CC[C@H]2[C@@H]3CC[C@H]4C[C@](C)(O)CC[C@]4(C)[C@H]3CC[C@]12C)=NN. The molecule has 0 aromatic carbocycles. The van der Waals surface area contributed by atoms with Gasteiger partial charge in [-0.15, -0.1) is 11.8 Å². The Balaban J connectivity index is 1.47. The molecular weight excluding hydrogens is 406 g/mol. The molecule has 4 aliphatic carbocycles. The number of carbonyl (C=O) groups is 1. The first-order valence-corrected chi connectivity index (χ1v) is 13.4. The molecule has 0 heterocycles. The van der Waals surface area contributed by atoms with Crippen LogP contribution in [-0.4, -0.2) is 40.5 Å². The number of nitrogens with two attached hydrogens (primary N) is 1. The fraction of sp³-hybridized carbons (Fsp3) is 0.880. The van der Waals surface area contributed by atoms with Gasteiger partial charge in [-0.1, -0.05) is 13.8 Å². The van der Waals surface area contributed by atoms with Crippen molar-refractivity contribution in [2.24, 2.45) is 56.4 Å². The third-order valence-electron chi connectivity index (χ3n) is 10.1. The van der Waals surface area contributed by atoms with Crippen LogP contribution in [0.4, 0.5) is 0 Å². The van der Waals surface area contributed by atoms with Gasteiger partial charge in [-0.05, 0) is 105 Å². The Hall–Kier alpha value is -0.880. The van der Waals surface area contributed by atoms with E-state index in [1.807, 2.05) is 13.2 Å². The molecule has 3 N–H and O–H groups in total. The minimum Gasteiger partial charge on any atom is -0.390 e. The van der Waals surface area contributed by atoms with Crippen molar-refractivity contribution in [2.75, 3.05) is 12.8 Å². The quantitative estimate of drug-likeness (QED) is 0.284. The van der Waals surface area contributed by atoms with Gasteiger partial charge in [0.15, 0.2) is 5.78 Å². The number of rotatable bonds is 4. The standard InChI is InChI=1S/C25H41N3O2S/c1-23(30)11-12-24(2)16(13-23)5-6-17-18-7-8-20(25(18,3)10-9-19(17)24)21(29)14-27-15-22(28-26)31-4/h15-20,30H,5-14,26H2,1-4H3/t16-,17-,18-,19-,20+,23+,24-,25-/m0/s1. The molecule has 0 amide bonds. The molecule has 6 heteroatoms. The number of thioether (sulfide) groups is 1. The third kappa shape index (κ3) is 4.01. The van der Waals surface area contributed by atoms with Gasteiger partial charge in [-0.25, -0.2) is 0 Å². The molecule has 0 aliphatic heterocycles. The molecule has 5 nitrogen and oxygen atoms in total. The predicted octanol–water partition coefficient (Wildman–Crippen LogP) is 4.67. The van der Waals surface area contributed by atoms with Gasteiger partial charge >= 0.3 is 0 Å². The Labute approximate surface area is 192 Å². The number of hydrazone groups is 1. The van der Waals surface area contributed by atoms with Crippen molar-refractivity contribution in [3.63, 3.8) is 0 Å². The van der Waals surface area contributed by atoms with E-state index in [-0.39, 0.29) is 17.9 Å². The number of carbonyl (C=O) groups excluding carboxylic acids is 1. The van der Waals surface area contributed by atoms with E-state index in [0.717, 1.165) is 43.9 Å². The lowest BCUT2D eigenvalue weighted by Gasteiger charge is -2.61. The normalized spacial score (nSPS) is 47.6. The molecule has 4 aliphatic rings. The maximum absolute atomic E-state index is 13.2. The summed E-state index contributed by atoms with van der Waals surface area (Å²) in [4.78, 5) is 17.5. The Morgan fingerprint density at radius 2 is 1.81 bits per heavy atom. The molecule has 4 saturated carbocycles. The highest BCUT2D eigenvalue weighted by Gasteiger charge is 2.61. The van der Waals surface area contributed by atoms with E-state index in [4.69, 9.17) is 5.84 Å². The summed E-state index contributed by atoms with van der Waals surface area (Å²) >= 11 is 1.44. The highest BCUT2D eigenvalue weighted by atomic mass is 32.2. The summed E-state index contributed by atoms with van der Waals surface area (Å²) in [5.41, 5.74) is 0.0203. The average Bonchev–Trinajstić information content (AvgIpc) is 3.09. The van der Waals surface area contributed by atoms with Crippen LogP contribution < -0.4 is 5.84 Å². The van der Waals surface area contributed by atoms with Crippen molar-refractivity contribution in [3.05, 3.63) is 0 Å². The van der Waals surface area contributed by atoms with Gasteiger partial charge in [-0.3, -0.25) is 9.79 Å². The van der Waals surface area contributed by atoms with Crippen LogP contribution in [0.3, 0.4) is 0 Å². The number of ketones is 1. The fourth-order valence-corrected chi connectivity index (χ4v) is 8.71. The Morgan fingerprint density at radius 1 is 1.06 bits per heavy atom. The lowest BCUT2D eigenvalue weighted by atomic mass is 9.44. The zero-order valence-electron chi connectivity index (χ0n) is 19.8. The number of aliphatic imine (C=N–C) groups is 1. The van der Waals surface area contributed by atoms with Crippen molar-refractivity contribution < 1.29 is 9.90 Å². The molecule has 0 unspecified atom stereocenters. The Kier molecular flexibility index (Phi) is 6.37. The van der Waals surface area contributed by atoms with E-state index in [9.17, 15) is 9.90 Å². The molecule has 0 bridgehead atoms. The summed E-state index contributed by atoms with van der Waals surface area (Å²) in [6.07, 6.45) is 13.8. The number of aliphatic hydroxyl groups is 1. The average molecular weight is 448 g/mol. The van der Waals surface area contributed by atoms with E-state index in [1.165, 1.54) is 37.4 Å². The van der Waals surface area contributed by atoms with E-state index in [0.29, 0.717) is 28.1 Å². The number of nitrogens with zero attached hydrogens (tertiary/aromatic N) is 2. The van der Waals surface area contributed by atoms with Crippen LogP contribution in [0.1, 0.15) is 78.6 Å². The van der Waals surface area contributed by atoms with Crippen molar-refractivity contribution in [1.82, 2.24) is 0 Å². The molecule has 0 spiro atoms. The topological polar surface area (TPSA) is 88.0 Å². The summed E-state index contributed by atoms with van der Waals surface area (Å²) in [5, 5.41) is 15.0. The predicted molar refractivity (Wildman–Crippen MR) is 129 cm³/mol. The van der Waals surface area contributed by atoms with Gasteiger partial charge in [0.05, 0.1) is 18.4 Å².